The molecule has 17 heavy (non-hydrogen) atoms. The fourth-order valence-electron chi connectivity index (χ4n) is 1.89. The van der Waals surface area contributed by atoms with Gasteiger partial charge < -0.3 is 5.32 Å². The highest BCUT2D eigenvalue weighted by Gasteiger charge is 2.16. The van der Waals surface area contributed by atoms with Gasteiger partial charge in [-0.05, 0) is 24.1 Å². The molecule has 1 aromatic heterocycles. The number of rotatable bonds is 0. The number of anilines is 1. The van der Waals surface area contributed by atoms with Crippen LogP contribution in [-0.4, -0.2) is 15.9 Å². The molecule has 0 bridgehead atoms. The SMILES string of the molecule is O=C1CCc2cc3nc(Cl)c(Cl)nc3cc2N1. The Hall–Kier alpha value is -1.39. The zero-order chi connectivity index (χ0) is 12.0. The Labute approximate surface area is 107 Å². The Kier molecular flexibility index (Phi) is 2.42. The maximum atomic E-state index is 11.3. The number of nitrogens with zero attached hydrogens (tertiary/aromatic N) is 2. The van der Waals surface area contributed by atoms with Crippen LogP contribution in [0.4, 0.5) is 5.69 Å². The third-order valence-corrected chi connectivity index (χ3v) is 3.33. The first kappa shape index (κ1) is 10.7. The Bertz CT molecular complexity index is 642. The molecule has 6 heteroatoms. The van der Waals surface area contributed by atoms with E-state index >= 15 is 0 Å². The molecule has 0 atom stereocenters. The summed E-state index contributed by atoms with van der Waals surface area (Å²) in [5, 5.41) is 3.16. The molecule has 1 aliphatic heterocycles. The van der Waals surface area contributed by atoms with Crippen LogP contribution in [0.2, 0.25) is 10.3 Å². The van der Waals surface area contributed by atoms with E-state index < -0.39 is 0 Å². The number of carbonyl (C=O) groups is 1. The van der Waals surface area contributed by atoms with Crippen LogP contribution in [0.15, 0.2) is 12.1 Å². The molecular formula is C11H7Cl2N3O. The van der Waals surface area contributed by atoms with Gasteiger partial charge in [0, 0.05) is 12.1 Å². The second-order valence-electron chi connectivity index (χ2n) is 3.85. The van der Waals surface area contributed by atoms with E-state index in [4.69, 9.17) is 23.2 Å². The summed E-state index contributed by atoms with van der Waals surface area (Å²) in [6, 6.07) is 3.66. The fourth-order valence-corrected chi connectivity index (χ4v) is 2.15. The lowest BCUT2D eigenvalue weighted by atomic mass is 10.0. The van der Waals surface area contributed by atoms with Gasteiger partial charge >= 0.3 is 0 Å². The topological polar surface area (TPSA) is 54.9 Å². The molecule has 0 spiro atoms. The van der Waals surface area contributed by atoms with Crippen LogP contribution >= 0.6 is 23.2 Å². The molecule has 2 aromatic rings. The lowest BCUT2D eigenvalue weighted by Gasteiger charge is -2.17. The normalized spacial score (nSPS) is 14.6. The first-order chi connectivity index (χ1) is 8.13. The summed E-state index contributed by atoms with van der Waals surface area (Å²) in [4.78, 5) is 19.6. The smallest absolute Gasteiger partial charge is 0.224 e. The predicted octanol–water partition coefficient (Wildman–Crippen LogP) is 2.82. The molecule has 0 unspecified atom stereocenters. The van der Waals surface area contributed by atoms with E-state index in [-0.39, 0.29) is 16.2 Å². The minimum absolute atomic E-state index is 0.0184. The average Bonchev–Trinajstić information content (AvgIpc) is 2.28. The van der Waals surface area contributed by atoms with Gasteiger partial charge in [-0.3, -0.25) is 4.79 Å². The molecular weight excluding hydrogens is 261 g/mol. The molecule has 3 rings (SSSR count). The number of carbonyl (C=O) groups excluding carboxylic acids is 1. The van der Waals surface area contributed by atoms with E-state index in [1.54, 1.807) is 6.07 Å². The molecule has 4 nitrogen and oxygen atoms in total. The third kappa shape index (κ3) is 1.83. The quantitative estimate of drug-likeness (QED) is 0.799. The molecule has 0 aliphatic carbocycles. The number of benzene rings is 1. The lowest BCUT2D eigenvalue weighted by Crippen LogP contribution is -2.18. The van der Waals surface area contributed by atoms with Gasteiger partial charge in [0.05, 0.1) is 11.0 Å². The van der Waals surface area contributed by atoms with Crippen LogP contribution in [-0.2, 0) is 11.2 Å². The van der Waals surface area contributed by atoms with Crippen LogP contribution in [0.3, 0.4) is 0 Å². The van der Waals surface area contributed by atoms with Crippen molar-refractivity contribution in [3.8, 4) is 0 Å². The molecule has 0 saturated heterocycles. The van der Waals surface area contributed by atoms with Crippen molar-refractivity contribution in [2.45, 2.75) is 12.8 Å². The van der Waals surface area contributed by atoms with Crippen LogP contribution < -0.4 is 5.32 Å². The second kappa shape index (κ2) is 3.82. The van der Waals surface area contributed by atoms with Gasteiger partial charge in [-0.25, -0.2) is 9.97 Å². The minimum atomic E-state index is 0.0184. The van der Waals surface area contributed by atoms with Crippen molar-refractivity contribution in [3.05, 3.63) is 28.0 Å². The molecule has 1 N–H and O–H groups in total. The molecule has 1 aromatic carbocycles. The van der Waals surface area contributed by atoms with E-state index in [2.05, 4.69) is 15.3 Å². The van der Waals surface area contributed by atoms with Gasteiger partial charge in [-0.1, -0.05) is 23.2 Å². The number of hydrogen-bond acceptors (Lipinski definition) is 3. The van der Waals surface area contributed by atoms with Crippen molar-refractivity contribution >= 4 is 45.8 Å². The van der Waals surface area contributed by atoms with E-state index in [0.717, 1.165) is 11.3 Å². The van der Waals surface area contributed by atoms with Gasteiger partial charge in [0.1, 0.15) is 0 Å². The number of aromatic nitrogens is 2. The van der Waals surface area contributed by atoms with E-state index in [0.29, 0.717) is 23.9 Å². The maximum absolute atomic E-state index is 11.3. The van der Waals surface area contributed by atoms with Crippen molar-refractivity contribution in [1.29, 1.82) is 0 Å². The van der Waals surface area contributed by atoms with Crippen molar-refractivity contribution in [1.82, 2.24) is 9.97 Å². The molecule has 1 amide bonds. The first-order valence-electron chi connectivity index (χ1n) is 5.09. The average molecular weight is 268 g/mol. The highest BCUT2D eigenvalue weighted by Crippen LogP contribution is 2.29. The minimum Gasteiger partial charge on any atom is -0.326 e. The Morgan fingerprint density at radius 2 is 1.71 bits per heavy atom. The highest BCUT2D eigenvalue weighted by molar-refractivity contribution is 6.40. The van der Waals surface area contributed by atoms with Crippen LogP contribution in [0.1, 0.15) is 12.0 Å². The summed E-state index contributed by atoms with van der Waals surface area (Å²) >= 11 is 11.6. The summed E-state index contributed by atoms with van der Waals surface area (Å²) < 4.78 is 0. The number of aryl methyl sites for hydroxylation is 1. The zero-order valence-corrected chi connectivity index (χ0v) is 10.1. The Morgan fingerprint density at radius 3 is 2.41 bits per heavy atom. The van der Waals surface area contributed by atoms with Crippen molar-refractivity contribution in [2.24, 2.45) is 0 Å². The van der Waals surface area contributed by atoms with Crippen LogP contribution in [0.25, 0.3) is 11.0 Å². The number of fused-ring (bicyclic) bond motifs is 2. The zero-order valence-electron chi connectivity index (χ0n) is 8.63. The number of nitrogens with one attached hydrogen (secondary N) is 1. The second-order valence-corrected chi connectivity index (χ2v) is 4.57. The summed E-state index contributed by atoms with van der Waals surface area (Å²) in [6.07, 6.45) is 1.20. The van der Waals surface area contributed by atoms with Gasteiger partial charge in [0.25, 0.3) is 0 Å². The summed E-state index contributed by atoms with van der Waals surface area (Å²) in [5.74, 6) is 0.0184. The van der Waals surface area contributed by atoms with Crippen LogP contribution in [0.5, 0.6) is 0 Å². The standard InChI is InChI=1S/C11H7Cl2N3O/c12-10-11(13)16-8-4-6-5(3-7(8)15-10)1-2-9(17)14-6/h3-4H,1-2H2,(H,14,17). The van der Waals surface area contributed by atoms with E-state index in [9.17, 15) is 4.79 Å². The lowest BCUT2D eigenvalue weighted by molar-refractivity contribution is -0.116. The monoisotopic (exact) mass is 267 g/mol. The Morgan fingerprint density at radius 1 is 1.06 bits per heavy atom. The third-order valence-electron chi connectivity index (χ3n) is 2.70. The van der Waals surface area contributed by atoms with E-state index in [1.807, 2.05) is 6.07 Å². The molecule has 2 heterocycles. The highest BCUT2D eigenvalue weighted by atomic mass is 35.5. The largest absolute Gasteiger partial charge is 0.326 e. The van der Waals surface area contributed by atoms with Gasteiger partial charge in [-0.15, -0.1) is 0 Å². The van der Waals surface area contributed by atoms with Crippen molar-refractivity contribution in [3.63, 3.8) is 0 Å². The van der Waals surface area contributed by atoms with Crippen molar-refractivity contribution < 1.29 is 4.79 Å². The van der Waals surface area contributed by atoms with E-state index in [1.165, 1.54) is 0 Å². The molecule has 0 saturated carbocycles. The molecule has 0 radical (unpaired) electrons. The maximum Gasteiger partial charge on any atom is 0.224 e. The number of halogens is 2. The summed E-state index contributed by atoms with van der Waals surface area (Å²) in [5.41, 5.74) is 3.14. The van der Waals surface area contributed by atoms with Gasteiger partial charge in [-0.2, -0.15) is 0 Å². The summed E-state index contributed by atoms with van der Waals surface area (Å²) in [6.45, 7) is 0. The molecule has 0 fully saturated rings. The molecule has 86 valence electrons. The number of amides is 1. The first-order valence-corrected chi connectivity index (χ1v) is 5.84. The van der Waals surface area contributed by atoms with Gasteiger partial charge in [0.2, 0.25) is 5.91 Å². The summed E-state index contributed by atoms with van der Waals surface area (Å²) in [7, 11) is 0. The Balaban J connectivity index is 2.25. The number of hydrogen-bond donors (Lipinski definition) is 1. The predicted molar refractivity (Wildman–Crippen MR) is 66.5 cm³/mol. The molecule has 1 aliphatic rings. The van der Waals surface area contributed by atoms with Crippen molar-refractivity contribution in [2.75, 3.05) is 5.32 Å². The van der Waals surface area contributed by atoms with Gasteiger partial charge in [0.15, 0.2) is 10.3 Å². The fraction of sp³-hybridized carbons (Fsp3) is 0.182. The van der Waals surface area contributed by atoms with Crippen LogP contribution in [0, 0.1) is 0 Å².